The molecule has 96 valence electrons. The van der Waals surface area contributed by atoms with Gasteiger partial charge in [-0.25, -0.2) is 0 Å². The number of likely N-dealkylation sites (tertiary alicyclic amines) is 1. The van der Waals surface area contributed by atoms with Crippen LogP contribution in [0.25, 0.3) is 0 Å². The largest absolute Gasteiger partial charge is 0.466 e. The summed E-state index contributed by atoms with van der Waals surface area (Å²) in [5.74, 6) is 0.547. The van der Waals surface area contributed by atoms with Crippen molar-refractivity contribution >= 4 is 5.97 Å². The smallest absolute Gasteiger partial charge is 0.313 e. The molecule has 1 saturated carbocycles. The molecule has 0 bridgehead atoms. The van der Waals surface area contributed by atoms with E-state index < -0.39 is 0 Å². The number of piperidine rings is 1. The average Bonchev–Trinajstić information content (AvgIpc) is 2.95. The lowest BCUT2D eigenvalue weighted by atomic mass is 10.1. The molecule has 1 aliphatic carbocycles. The highest BCUT2D eigenvalue weighted by atomic mass is 16.5. The molecule has 1 aliphatic heterocycles. The molecule has 0 radical (unpaired) electrons. The second kappa shape index (κ2) is 4.39. The molecular formula is C15H19NO2. The Morgan fingerprint density at radius 2 is 2.22 bits per heavy atom. The van der Waals surface area contributed by atoms with Crippen LogP contribution in [0.4, 0.5) is 0 Å². The predicted octanol–water partition coefficient (Wildman–Crippen LogP) is 2.07. The van der Waals surface area contributed by atoms with Gasteiger partial charge in [-0.3, -0.25) is 9.69 Å². The molecule has 1 aromatic carbocycles. The number of hydrogen-bond donors (Lipinski definition) is 0. The average molecular weight is 245 g/mol. The Morgan fingerprint density at radius 1 is 1.44 bits per heavy atom. The van der Waals surface area contributed by atoms with E-state index in [1.54, 1.807) is 0 Å². The monoisotopic (exact) mass is 245 g/mol. The SMILES string of the molecule is CCOC(=O)[C@@]12C[C@@H]1CN(Cc1ccccc1)C2. The van der Waals surface area contributed by atoms with Gasteiger partial charge < -0.3 is 4.74 Å². The van der Waals surface area contributed by atoms with Crippen molar-refractivity contribution in [1.29, 1.82) is 0 Å². The lowest BCUT2D eigenvalue weighted by molar-refractivity contribution is -0.149. The Bertz CT molecular complexity index is 445. The summed E-state index contributed by atoms with van der Waals surface area (Å²) >= 11 is 0. The summed E-state index contributed by atoms with van der Waals surface area (Å²) in [6.45, 7) is 5.21. The van der Waals surface area contributed by atoms with Gasteiger partial charge in [-0.1, -0.05) is 30.3 Å². The third-order valence-electron chi connectivity index (χ3n) is 4.15. The molecule has 2 atom stereocenters. The van der Waals surface area contributed by atoms with Crippen molar-refractivity contribution in [3.63, 3.8) is 0 Å². The van der Waals surface area contributed by atoms with Crippen LogP contribution in [0.1, 0.15) is 18.9 Å². The van der Waals surface area contributed by atoms with Crippen LogP contribution in [0.2, 0.25) is 0 Å². The Balaban J connectivity index is 1.62. The number of fused-ring (bicyclic) bond motifs is 1. The van der Waals surface area contributed by atoms with Crippen molar-refractivity contribution in [2.24, 2.45) is 11.3 Å². The summed E-state index contributed by atoms with van der Waals surface area (Å²) in [7, 11) is 0. The summed E-state index contributed by atoms with van der Waals surface area (Å²) in [4.78, 5) is 14.3. The van der Waals surface area contributed by atoms with Gasteiger partial charge in [0.05, 0.1) is 12.0 Å². The van der Waals surface area contributed by atoms with Crippen LogP contribution in [0.15, 0.2) is 30.3 Å². The van der Waals surface area contributed by atoms with Crippen molar-refractivity contribution in [3.05, 3.63) is 35.9 Å². The highest BCUT2D eigenvalue weighted by Crippen LogP contribution is 2.58. The molecule has 0 amide bonds. The Hall–Kier alpha value is -1.35. The molecule has 3 rings (SSSR count). The molecular weight excluding hydrogens is 226 g/mol. The molecule has 0 aromatic heterocycles. The maximum absolute atomic E-state index is 12.0. The van der Waals surface area contributed by atoms with E-state index >= 15 is 0 Å². The van der Waals surface area contributed by atoms with Gasteiger partial charge in [0.1, 0.15) is 0 Å². The first-order valence-electron chi connectivity index (χ1n) is 6.68. The third-order valence-corrected chi connectivity index (χ3v) is 4.15. The quantitative estimate of drug-likeness (QED) is 0.761. The number of benzene rings is 1. The Morgan fingerprint density at radius 3 is 2.94 bits per heavy atom. The summed E-state index contributed by atoms with van der Waals surface area (Å²) in [5.41, 5.74) is 1.16. The van der Waals surface area contributed by atoms with E-state index in [1.807, 2.05) is 13.0 Å². The molecule has 3 nitrogen and oxygen atoms in total. The van der Waals surface area contributed by atoms with Gasteiger partial charge in [-0.15, -0.1) is 0 Å². The summed E-state index contributed by atoms with van der Waals surface area (Å²) in [5, 5.41) is 0. The standard InChI is InChI=1S/C15H19NO2/c1-2-18-14(17)15-8-13(15)10-16(11-15)9-12-6-4-3-5-7-12/h3-7,13H,2,8-11H2,1H3/t13-,15-/m1/s1. The first kappa shape index (κ1) is 11.7. The van der Waals surface area contributed by atoms with E-state index in [2.05, 4.69) is 29.2 Å². The molecule has 1 aromatic rings. The van der Waals surface area contributed by atoms with E-state index in [9.17, 15) is 4.79 Å². The van der Waals surface area contributed by atoms with E-state index in [0.717, 1.165) is 26.1 Å². The fraction of sp³-hybridized carbons (Fsp3) is 0.533. The van der Waals surface area contributed by atoms with Crippen molar-refractivity contribution in [2.45, 2.75) is 19.9 Å². The molecule has 1 saturated heterocycles. The minimum Gasteiger partial charge on any atom is -0.466 e. The lowest BCUT2D eigenvalue weighted by Gasteiger charge is -2.19. The molecule has 0 N–H and O–H groups in total. The number of rotatable bonds is 4. The number of hydrogen-bond acceptors (Lipinski definition) is 3. The summed E-state index contributed by atoms with van der Waals surface area (Å²) < 4.78 is 5.20. The number of carbonyl (C=O) groups is 1. The predicted molar refractivity (Wildman–Crippen MR) is 68.9 cm³/mol. The van der Waals surface area contributed by atoms with Crippen LogP contribution in [0.3, 0.4) is 0 Å². The zero-order chi connectivity index (χ0) is 12.6. The maximum atomic E-state index is 12.0. The summed E-state index contributed by atoms with van der Waals surface area (Å²) in [6, 6.07) is 10.4. The van der Waals surface area contributed by atoms with Crippen LogP contribution in [0.5, 0.6) is 0 Å². The number of esters is 1. The fourth-order valence-corrected chi connectivity index (χ4v) is 3.14. The topological polar surface area (TPSA) is 29.5 Å². The van der Waals surface area contributed by atoms with Gasteiger partial charge in [0.25, 0.3) is 0 Å². The zero-order valence-electron chi connectivity index (χ0n) is 10.8. The van der Waals surface area contributed by atoms with E-state index in [1.165, 1.54) is 5.56 Å². The van der Waals surface area contributed by atoms with Gasteiger partial charge >= 0.3 is 5.97 Å². The molecule has 2 aliphatic rings. The molecule has 2 fully saturated rings. The summed E-state index contributed by atoms with van der Waals surface area (Å²) in [6.07, 6.45) is 1.02. The minimum absolute atomic E-state index is 0.0190. The van der Waals surface area contributed by atoms with Crippen LogP contribution in [-0.4, -0.2) is 30.6 Å². The second-order valence-electron chi connectivity index (χ2n) is 5.43. The third kappa shape index (κ3) is 1.93. The van der Waals surface area contributed by atoms with Crippen LogP contribution in [0, 0.1) is 11.3 Å². The molecule has 0 unspecified atom stereocenters. The van der Waals surface area contributed by atoms with E-state index in [-0.39, 0.29) is 11.4 Å². The second-order valence-corrected chi connectivity index (χ2v) is 5.43. The van der Waals surface area contributed by atoms with E-state index in [4.69, 9.17) is 4.74 Å². The Kier molecular flexibility index (Phi) is 2.86. The van der Waals surface area contributed by atoms with Crippen molar-refractivity contribution in [2.75, 3.05) is 19.7 Å². The maximum Gasteiger partial charge on any atom is 0.313 e. The molecule has 3 heteroatoms. The highest BCUT2D eigenvalue weighted by molar-refractivity contribution is 5.81. The first-order chi connectivity index (χ1) is 8.74. The number of ether oxygens (including phenoxy) is 1. The van der Waals surface area contributed by atoms with Gasteiger partial charge in [0, 0.05) is 19.6 Å². The highest BCUT2D eigenvalue weighted by Gasteiger charge is 2.65. The number of nitrogens with zero attached hydrogens (tertiary/aromatic N) is 1. The fourth-order valence-electron chi connectivity index (χ4n) is 3.14. The lowest BCUT2D eigenvalue weighted by Crippen LogP contribution is -2.29. The molecule has 1 heterocycles. The van der Waals surface area contributed by atoms with Crippen LogP contribution < -0.4 is 0 Å². The van der Waals surface area contributed by atoms with E-state index in [0.29, 0.717) is 12.5 Å². The minimum atomic E-state index is -0.162. The van der Waals surface area contributed by atoms with Gasteiger partial charge in [0.2, 0.25) is 0 Å². The molecule has 0 spiro atoms. The van der Waals surface area contributed by atoms with Crippen LogP contribution >= 0.6 is 0 Å². The molecule has 18 heavy (non-hydrogen) atoms. The van der Waals surface area contributed by atoms with Crippen molar-refractivity contribution in [1.82, 2.24) is 4.90 Å². The Labute approximate surface area is 108 Å². The van der Waals surface area contributed by atoms with Crippen molar-refractivity contribution < 1.29 is 9.53 Å². The van der Waals surface area contributed by atoms with Crippen LogP contribution in [-0.2, 0) is 16.1 Å². The zero-order valence-corrected chi connectivity index (χ0v) is 10.8. The first-order valence-corrected chi connectivity index (χ1v) is 6.68. The normalized spacial score (nSPS) is 29.9. The van der Waals surface area contributed by atoms with Crippen molar-refractivity contribution in [3.8, 4) is 0 Å². The van der Waals surface area contributed by atoms with Gasteiger partial charge in [-0.2, -0.15) is 0 Å². The van der Waals surface area contributed by atoms with Gasteiger partial charge in [-0.05, 0) is 24.8 Å². The number of carbonyl (C=O) groups excluding carboxylic acids is 1. The van der Waals surface area contributed by atoms with Gasteiger partial charge in [0.15, 0.2) is 0 Å².